The van der Waals surface area contributed by atoms with Crippen LogP contribution in [0.1, 0.15) is 5.56 Å². The number of rotatable bonds is 5. The molecule has 0 aliphatic heterocycles. The second kappa shape index (κ2) is 6.49. The van der Waals surface area contributed by atoms with Gasteiger partial charge in [0.2, 0.25) is 0 Å². The predicted octanol–water partition coefficient (Wildman–Crippen LogP) is 3.24. The van der Waals surface area contributed by atoms with Crippen LogP contribution in [-0.4, -0.2) is 31.3 Å². The molecule has 0 aliphatic rings. The summed E-state index contributed by atoms with van der Waals surface area (Å²) in [7, 11) is 4.22. The predicted molar refractivity (Wildman–Crippen MR) is 68.9 cm³/mol. The van der Waals surface area contributed by atoms with E-state index < -0.39 is 0 Å². The second-order valence-corrected chi connectivity index (χ2v) is 5.51. The van der Waals surface area contributed by atoms with Crippen LogP contribution in [0.3, 0.4) is 0 Å². The smallest absolute Gasteiger partial charge is 0.0185 e. The highest BCUT2D eigenvalue weighted by Gasteiger charge is 1.95. The zero-order chi connectivity index (χ0) is 10.4. The molecule has 3 heteroatoms. The average Bonchev–Trinajstić information content (AvgIpc) is 2.12. The van der Waals surface area contributed by atoms with E-state index in [9.17, 15) is 0 Å². The van der Waals surface area contributed by atoms with Crippen molar-refractivity contribution in [3.63, 3.8) is 0 Å². The molecule has 0 bridgehead atoms. The first-order valence-electron chi connectivity index (χ1n) is 4.65. The van der Waals surface area contributed by atoms with E-state index in [0.29, 0.717) is 0 Å². The third kappa shape index (κ3) is 5.03. The van der Waals surface area contributed by atoms with Gasteiger partial charge in [-0.05, 0) is 31.8 Å². The Balaban J connectivity index is 2.25. The summed E-state index contributed by atoms with van der Waals surface area (Å²) in [6.07, 6.45) is 0. The van der Waals surface area contributed by atoms with Gasteiger partial charge in [0.15, 0.2) is 0 Å². The third-order valence-corrected chi connectivity index (χ3v) is 3.34. The highest BCUT2D eigenvalue weighted by molar-refractivity contribution is 9.10. The Morgan fingerprint density at radius 3 is 2.79 bits per heavy atom. The first-order chi connectivity index (χ1) is 6.68. The van der Waals surface area contributed by atoms with Crippen LogP contribution in [-0.2, 0) is 5.75 Å². The number of halogens is 1. The van der Waals surface area contributed by atoms with Crippen molar-refractivity contribution >= 4 is 27.7 Å². The van der Waals surface area contributed by atoms with Gasteiger partial charge in [-0.3, -0.25) is 0 Å². The van der Waals surface area contributed by atoms with E-state index in [1.165, 1.54) is 15.8 Å². The summed E-state index contributed by atoms with van der Waals surface area (Å²) in [4.78, 5) is 2.22. The zero-order valence-corrected chi connectivity index (χ0v) is 11.1. The van der Waals surface area contributed by atoms with Gasteiger partial charge < -0.3 is 4.90 Å². The lowest BCUT2D eigenvalue weighted by Crippen LogP contribution is -2.14. The fourth-order valence-corrected chi connectivity index (χ4v) is 2.56. The van der Waals surface area contributed by atoms with Crippen LogP contribution >= 0.6 is 27.7 Å². The maximum atomic E-state index is 3.48. The quantitative estimate of drug-likeness (QED) is 0.758. The lowest BCUT2D eigenvalue weighted by atomic mass is 10.2. The zero-order valence-electron chi connectivity index (χ0n) is 8.66. The summed E-state index contributed by atoms with van der Waals surface area (Å²) in [5.41, 5.74) is 1.39. The lowest BCUT2D eigenvalue weighted by molar-refractivity contribution is 0.437. The van der Waals surface area contributed by atoms with Gasteiger partial charge in [0.1, 0.15) is 0 Å². The van der Waals surface area contributed by atoms with Crippen LogP contribution in [0.4, 0.5) is 0 Å². The minimum atomic E-state index is 1.10. The molecule has 0 aliphatic carbocycles. The van der Waals surface area contributed by atoms with Crippen LogP contribution in [0.5, 0.6) is 0 Å². The van der Waals surface area contributed by atoms with Gasteiger partial charge in [0.05, 0.1) is 0 Å². The first-order valence-corrected chi connectivity index (χ1v) is 6.60. The maximum absolute atomic E-state index is 3.48. The highest BCUT2D eigenvalue weighted by Crippen LogP contribution is 2.16. The molecule has 1 aromatic carbocycles. The topological polar surface area (TPSA) is 3.24 Å². The van der Waals surface area contributed by atoms with Gasteiger partial charge in [-0.15, -0.1) is 0 Å². The molecule has 0 radical (unpaired) electrons. The summed E-state index contributed by atoms with van der Waals surface area (Å²) in [6, 6.07) is 8.51. The molecule has 0 saturated heterocycles. The molecule has 78 valence electrons. The summed E-state index contributed by atoms with van der Waals surface area (Å²) in [6.45, 7) is 1.15. The number of hydrogen-bond donors (Lipinski definition) is 0. The Labute approximate surface area is 99.0 Å². The summed E-state index contributed by atoms with van der Waals surface area (Å²) < 4.78 is 1.17. The maximum Gasteiger partial charge on any atom is 0.0185 e. The van der Waals surface area contributed by atoms with Crippen LogP contribution < -0.4 is 0 Å². The van der Waals surface area contributed by atoms with Crippen molar-refractivity contribution in [3.8, 4) is 0 Å². The molecule has 0 amide bonds. The van der Waals surface area contributed by atoms with Crippen LogP contribution in [0, 0.1) is 0 Å². The fraction of sp³-hybridized carbons (Fsp3) is 0.455. The van der Waals surface area contributed by atoms with Crippen LogP contribution in [0.25, 0.3) is 0 Å². The fourth-order valence-electron chi connectivity index (χ4n) is 1.06. The lowest BCUT2D eigenvalue weighted by Gasteiger charge is -2.08. The van der Waals surface area contributed by atoms with Crippen molar-refractivity contribution in [1.29, 1.82) is 0 Å². The van der Waals surface area contributed by atoms with E-state index in [1.54, 1.807) is 0 Å². The van der Waals surface area contributed by atoms with Gasteiger partial charge in [-0.25, -0.2) is 0 Å². The normalized spacial score (nSPS) is 10.9. The molecule has 0 fully saturated rings. The molecule has 0 saturated carbocycles. The molecule has 1 nitrogen and oxygen atoms in total. The number of hydrogen-bond acceptors (Lipinski definition) is 2. The van der Waals surface area contributed by atoms with Crippen molar-refractivity contribution < 1.29 is 0 Å². The Bertz CT molecular complexity index is 276. The van der Waals surface area contributed by atoms with E-state index in [0.717, 1.165) is 12.3 Å². The van der Waals surface area contributed by atoms with Crippen molar-refractivity contribution in [2.45, 2.75) is 5.75 Å². The van der Waals surface area contributed by atoms with E-state index in [1.807, 2.05) is 11.8 Å². The minimum absolute atomic E-state index is 1.10. The first kappa shape index (κ1) is 12.1. The highest BCUT2D eigenvalue weighted by atomic mass is 79.9. The monoisotopic (exact) mass is 273 g/mol. The van der Waals surface area contributed by atoms with Gasteiger partial charge in [-0.1, -0.05) is 28.1 Å². The van der Waals surface area contributed by atoms with Gasteiger partial charge >= 0.3 is 0 Å². The second-order valence-electron chi connectivity index (χ2n) is 3.49. The minimum Gasteiger partial charge on any atom is -0.309 e. The van der Waals surface area contributed by atoms with Crippen molar-refractivity contribution in [2.24, 2.45) is 0 Å². The molecule has 0 heterocycles. The number of benzene rings is 1. The molecule has 0 N–H and O–H groups in total. The molecule has 0 spiro atoms. The van der Waals surface area contributed by atoms with Crippen molar-refractivity contribution in [2.75, 3.05) is 26.4 Å². The average molecular weight is 274 g/mol. The Hall–Kier alpha value is 0.01000. The molecule has 1 rings (SSSR count). The van der Waals surface area contributed by atoms with Gasteiger partial charge in [0.25, 0.3) is 0 Å². The van der Waals surface area contributed by atoms with E-state index >= 15 is 0 Å². The summed E-state index contributed by atoms with van der Waals surface area (Å²) >= 11 is 5.46. The number of nitrogens with zero attached hydrogens (tertiary/aromatic N) is 1. The summed E-state index contributed by atoms with van der Waals surface area (Å²) in [5, 5.41) is 0. The van der Waals surface area contributed by atoms with Crippen LogP contribution in [0.15, 0.2) is 28.7 Å². The molecule has 1 aromatic rings. The Kier molecular flexibility index (Phi) is 5.60. The van der Waals surface area contributed by atoms with E-state index in [4.69, 9.17) is 0 Å². The number of thioether (sulfide) groups is 1. The molecule has 0 aromatic heterocycles. The van der Waals surface area contributed by atoms with Crippen molar-refractivity contribution in [3.05, 3.63) is 34.3 Å². The molecular formula is C11H16BrNS. The Morgan fingerprint density at radius 2 is 2.14 bits per heavy atom. The van der Waals surface area contributed by atoms with Gasteiger partial charge in [0, 0.05) is 22.5 Å². The third-order valence-electron chi connectivity index (χ3n) is 1.84. The van der Waals surface area contributed by atoms with E-state index in [2.05, 4.69) is 59.2 Å². The molecule has 0 unspecified atom stereocenters. The largest absolute Gasteiger partial charge is 0.309 e. The SMILES string of the molecule is CN(C)CCSCc1cccc(Br)c1. The van der Waals surface area contributed by atoms with Crippen LogP contribution in [0.2, 0.25) is 0 Å². The van der Waals surface area contributed by atoms with Gasteiger partial charge in [-0.2, -0.15) is 11.8 Å². The molecule has 0 atom stereocenters. The Morgan fingerprint density at radius 1 is 1.36 bits per heavy atom. The molecule has 14 heavy (non-hydrogen) atoms. The summed E-state index contributed by atoms with van der Waals surface area (Å²) in [5.74, 6) is 2.30. The van der Waals surface area contributed by atoms with Crippen molar-refractivity contribution in [1.82, 2.24) is 4.90 Å². The van der Waals surface area contributed by atoms with E-state index in [-0.39, 0.29) is 0 Å². The molecular weight excluding hydrogens is 258 g/mol. The standard InChI is InChI=1S/C11H16BrNS/c1-13(2)6-7-14-9-10-4-3-5-11(12)8-10/h3-5,8H,6-7,9H2,1-2H3.